The van der Waals surface area contributed by atoms with Gasteiger partial charge in [0.2, 0.25) is 21.9 Å². The highest BCUT2D eigenvalue weighted by Gasteiger charge is 2.23. The molecule has 36 heavy (non-hydrogen) atoms. The zero-order chi connectivity index (χ0) is 25.1. The molecule has 0 aliphatic rings. The third-order valence-corrected chi connectivity index (χ3v) is 7.89. The van der Waals surface area contributed by atoms with E-state index in [1.807, 2.05) is 87.3 Å². The minimum atomic E-state index is 0.279. The Morgan fingerprint density at radius 1 is 0.833 bits per heavy atom. The topological polar surface area (TPSA) is 96.4 Å². The second-order valence-electron chi connectivity index (χ2n) is 8.68. The predicted molar refractivity (Wildman–Crippen MR) is 146 cm³/mol. The fraction of sp³-hybridized carbons (Fsp3) is 0.0769. The predicted octanol–water partition coefficient (Wildman–Crippen LogP) is 2.05. The van der Waals surface area contributed by atoms with E-state index in [1.54, 1.807) is 0 Å². The molecule has 6 aromatic rings. The smallest absolute Gasteiger partial charge is 0.240 e. The van der Waals surface area contributed by atoms with E-state index >= 15 is 0 Å². The van der Waals surface area contributed by atoms with Gasteiger partial charge in [-0.25, -0.2) is 9.97 Å². The maximum absolute atomic E-state index is 10.3. The molecule has 0 amide bonds. The van der Waals surface area contributed by atoms with Crippen LogP contribution in [0.1, 0.15) is 22.3 Å². The van der Waals surface area contributed by atoms with Gasteiger partial charge < -0.3 is 13.4 Å². The number of aromatic nitrogens is 4. The first kappa shape index (κ1) is 22.0. The molecule has 0 aliphatic carbocycles. The minimum Gasteiger partial charge on any atom is -0.435 e. The van der Waals surface area contributed by atoms with Crippen molar-refractivity contribution in [3.63, 3.8) is 0 Å². The fourth-order valence-electron chi connectivity index (χ4n) is 4.90. The van der Waals surface area contributed by atoms with Crippen molar-refractivity contribution in [2.24, 2.45) is 0 Å². The number of nitriles is 2. The molecule has 0 spiro atoms. The molecule has 4 heterocycles. The van der Waals surface area contributed by atoms with Crippen molar-refractivity contribution >= 4 is 70.5 Å². The summed E-state index contributed by atoms with van der Waals surface area (Å²) in [4.78, 5) is 9.34. The molecular formula is C26H18B2N6OS. The number of hydrogen-bond acceptors (Lipinski definition) is 6. The molecule has 0 aliphatic heterocycles. The van der Waals surface area contributed by atoms with Crippen LogP contribution in [0.25, 0.3) is 43.2 Å². The number of benzene rings is 2. The highest BCUT2D eigenvalue weighted by molar-refractivity contribution is 7.19. The van der Waals surface area contributed by atoms with Crippen LogP contribution in [0.2, 0.25) is 0 Å². The molecule has 0 atom stereocenters. The number of para-hydroxylation sites is 3. The number of nitrogens with zero attached hydrogens (tertiary/aromatic N) is 6. The van der Waals surface area contributed by atoms with Gasteiger partial charge >= 0.3 is 0 Å². The molecule has 0 N–H and O–H groups in total. The molecule has 0 unspecified atom stereocenters. The van der Waals surface area contributed by atoms with Gasteiger partial charge in [0.05, 0.1) is 20.9 Å². The fourth-order valence-corrected chi connectivity index (χ4v) is 5.86. The van der Waals surface area contributed by atoms with Crippen molar-refractivity contribution in [3.05, 3.63) is 81.5 Å². The standard InChI is InChI=1S/C26H18B2N6OS/c1-13-21-22(24(34(13)28)16(12-30)26-32-18-8-4-6-10-20(18)36-26)14(2)33(27)23(21)15(11-29)25-31-17-7-3-5-9-19(17)35-25/h3-10H,27-28H2,1-2H3/b23-15-,24-16-. The number of thiazole rings is 1. The molecule has 2 aromatic carbocycles. The summed E-state index contributed by atoms with van der Waals surface area (Å²) in [5.41, 5.74) is 4.94. The van der Waals surface area contributed by atoms with Gasteiger partial charge in [0.25, 0.3) is 0 Å². The number of aryl methyl sites for hydroxylation is 2. The van der Waals surface area contributed by atoms with E-state index in [4.69, 9.17) is 9.40 Å². The van der Waals surface area contributed by atoms with Gasteiger partial charge in [-0.15, -0.1) is 11.3 Å². The Hall–Kier alpha value is -4.53. The Labute approximate surface area is 211 Å². The summed E-state index contributed by atoms with van der Waals surface area (Å²) in [6.45, 7) is 4.01. The van der Waals surface area contributed by atoms with Crippen LogP contribution < -0.4 is 10.7 Å². The molecule has 0 fully saturated rings. The zero-order valence-electron chi connectivity index (χ0n) is 20.1. The first-order valence-corrected chi connectivity index (χ1v) is 12.2. The minimum absolute atomic E-state index is 0.279. The summed E-state index contributed by atoms with van der Waals surface area (Å²) in [6.07, 6.45) is 0. The second-order valence-corrected chi connectivity index (χ2v) is 9.71. The molecule has 0 saturated carbocycles. The zero-order valence-corrected chi connectivity index (χ0v) is 20.9. The molecule has 0 radical (unpaired) electrons. The van der Waals surface area contributed by atoms with Gasteiger partial charge in [0, 0.05) is 22.2 Å². The van der Waals surface area contributed by atoms with E-state index in [2.05, 4.69) is 17.1 Å². The van der Waals surface area contributed by atoms with Crippen LogP contribution >= 0.6 is 11.3 Å². The van der Waals surface area contributed by atoms with Gasteiger partial charge in [-0.3, -0.25) is 0 Å². The number of oxazole rings is 1. The molecule has 0 saturated heterocycles. The van der Waals surface area contributed by atoms with E-state index in [9.17, 15) is 10.5 Å². The number of hydrogen-bond donors (Lipinski definition) is 0. The molecule has 10 heteroatoms. The lowest BCUT2D eigenvalue weighted by Crippen LogP contribution is -2.23. The Balaban J connectivity index is 1.78. The van der Waals surface area contributed by atoms with Gasteiger partial charge in [0.15, 0.2) is 5.58 Å². The van der Waals surface area contributed by atoms with Crippen molar-refractivity contribution in [1.29, 1.82) is 10.5 Å². The highest BCUT2D eigenvalue weighted by Crippen LogP contribution is 2.28. The van der Waals surface area contributed by atoms with Crippen LogP contribution in [0.5, 0.6) is 0 Å². The average molecular weight is 484 g/mol. The SMILES string of the molecule is Bn1c(C)c2/c(=C(\C#N)c3nc4ccccc4s3)n(B)c(C)c2/c1=C(\C#N)c1nc2ccccc2o1. The van der Waals surface area contributed by atoms with E-state index in [1.165, 1.54) is 11.3 Å². The molecule has 0 bridgehead atoms. The van der Waals surface area contributed by atoms with Gasteiger partial charge in [-0.1, -0.05) is 24.3 Å². The second kappa shape index (κ2) is 8.01. The number of fused-ring (bicyclic) bond motifs is 3. The monoisotopic (exact) mass is 484 g/mol. The Morgan fingerprint density at radius 2 is 1.42 bits per heavy atom. The molecular weight excluding hydrogens is 466 g/mol. The summed E-state index contributed by atoms with van der Waals surface area (Å²) >= 11 is 1.50. The van der Waals surface area contributed by atoms with Crippen molar-refractivity contribution < 1.29 is 4.42 Å². The normalized spacial score (nSPS) is 13.2. The first-order valence-electron chi connectivity index (χ1n) is 11.4. The summed E-state index contributed by atoms with van der Waals surface area (Å²) in [5.74, 6) is 0.279. The van der Waals surface area contributed by atoms with Crippen molar-refractivity contribution in [2.75, 3.05) is 0 Å². The quantitative estimate of drug-likeness (QED) is 0.351. The summed E-state index contributed by atoms with van der Waals surface area (Å²) in [6, 6.07) is 20.1. The first-order chi connectivity index (χ1) is 17.4. The summed E-state index contributed by atoms with van der Waals surface area (Å²) in [5, 5.41) is 24.6. The highest BCUT2D eigenvalue weighted by atomic mass is 32.1. The Morgan fingerprint density at radius 3 is 2.03 bits per heavy atom. The van der Waals surface area contributed by atoms with Crippen LogP contribution in [-0.2, 0) is 0 Å². The van der Waals surface area contributed by atoms with E-state index < -0.39 is 0 Å². The lowest BCUT2D eigenvalue weighted by atomic mass is 10.1. The number of rotatable bonds is 2. The van der Waals surface area contributed by atoms with Crippen LogP contribution in [0.15, 0.2) is 52.9 Å². The van der Waals surface area contributed by atoms with Crippen molar-refractivity contribution in [1.82, 2.24) is 18.9 Å². The maximum atomic E-state index is 10.3. The van der Waals surface area contributed by atoms with Gasteiger partial charge in [-0.2, -0.15) is 10.5 Å². The maximum Gasteiger partial charge on any atom is 0.240 e. The van der Waals surface area contributed by atoms with Crippen LogP contribution in [0.3, 0.4) is 0 Å². The third-order valence-electron chi connectivity index (χ3n) is 6.84. The average Bonchev–Trinajstić information content (AvgIpc) is 3.62. The van der Waals surface area contributed by atoms with E-state index in [0.717, 1.165) is 43.1 Å². The lowest BCUT2D eigenvalue weighted by molar-refractivity contribution is 0.585. The van der Waals surface area contributed by atoms with Gasteiger partial charge in [0.1, 0.15) is 33.8 Å². The lowest BCUT2D eigenvalue weighted by Gasteiger charge is -2.04. The van der Waals surface area contributed by atoms with Crippen LogP contribution in [-0.4, -0.2) is 34.9 Å². The van der Waals surface area contributed by atoms with Crippen LogP contribution in [0.4, 0.5) is 0 Å². The molecule has 170 valence electrons. The summed E-state index contributed by atoms with van der Waals surface area (Å²) in [7, 11) is 3.88. The van der Waals surface area contributed by atoms with Gasteiger partial charge in [-0.05, 0) is 38.1 Å². The van der Waals surface area contributed by atoms with Crippen molar-refractivity contribution in [3.8, 4) is 12.1 Å². The van der Waals surface area contributed by atoms with Crippen molar-refractivity contribution in [2.45, 2.75) is 13.8 Å². The molecule has 4 aromatic heterocycles. The third kappa shape index (κ3) is 2.98. The summed E-state index contributed by atoms with van der Waals surface area (Å²) < 4.78 is 11.0. The molecule has 6 rings (SSSR count). The Kier molecular flexibility index (Phi) is 4.89. The van der Waals surface area contributed by atoms with Crippen LogP contribution in [0, 0.1) is 36.5 Å². The largest absolute Gasteiger partial charge is 0.435 e. The molecule has 7 nitrogen and oxygen atoms in total. The Bertz CT molecular complexity index is 1860. The van der Waals surface area contributed by atoms with E-state index in [0.29, 0.717) is 27.3 Å². The van der Waals surface area contributed by atoms with E-state index in [-0.39, 0.29) is 5.89 Å².